The molecule has 1 amide bonds. The van der Waals surface area contributed by atoms with Crippen LogP contribution in [0.3, 0.4) is 0 Å². The summed E-state index contributed by atoms with van der Waals surface area (Å²) in [6.07, 6.45) is 0.784. The molecule has 0 aliphatic rings. The van der Waals surface area contributed by atoms with Gasteiger partial charge in [0.05, 0.1) is 0 Å². The molecule has 134 valence electrons. The highest BCUT2D eigenvalue weighted by molar-refractivity contribution is 9.09. The van der Waals surface area contributed by atoms with E-state index in [1.165, 1.54) is 5.56 Å². The van der Waals surface area contributed by atoms with Crippen molar-refractivity contribution in [3.63, 3.8) is 0 Å². The van der Waals surface area contributed by atoms with E-state index in [4.69, 9.17) is 4.74 Å². The average molecular weight is 404 g/mol. The molecule has 0 unspecified atom stereocenters. The third kappa shape index (κ3) is 5.60. The van der Waals surface area contributed by atoms with Gasteiger partial charge >= 0.3 is 0 Å². The minimum Gasteiger partial charge on any atom is -0.492 e. The van der Waals surface area contributed by atoms with E-state index in [0.29, 0.717) is 11.4 Å². The van der Waals surface area contributed by atoms with Crippen LogP contribution in [-0.4, -0.2) is 35.3 Å². The second-order valence-electron chi connectivity index (χ2n) is 6.05. The second kappa shape index (κ2) is 9.62. The molecule has 2 aromatic rings. The number of alkyl halides is 1. The Hall–Kier alpha value is -1.81. The predicted molar refractivity (Wildman–Crippen MR) is 107 cm³/mol. The van der Waals surface area contributed by atoms with E-state index in [1.807, 2.05) is 61.2 Å². The topological polar surface area (TPSA) is 29.5 Å². The summed E-state index contributed by atoms with van der Waals surface area (Å²) in [6.45, 7) is 8.16. The smallest absolute Gasteiger partial charge is 0.253 e. The number of hydrogen-bond donors (Lipinski definition) is 0. The molecule has 25 heavy (non-hydrogen) atoms. The Morgan fingerprint density at radius 2 is 1.72 bits per heavy atom. The summed E-state index contributed by atoms with van der Waals surface area (Å²) in [4.78, 5) is 14.5. The van der Waals surface area contributed by atoms with Gasteiger partial charge in [-0.15, -0.1) is 0 Å². The molecule has 0 aliphatic carbocycles. The molecule has 0 N–H and O–H groups in total. The molecule has 0 heterocycles. The maximum Gasteiger partial charge on any atom is 0.253 e. The monoisotopic (exact) mass is 403 g/mol. The van der Waals surface area contributed by atoms with Crippen molar-refractivity contribution in [2.45, 2.75) is 32.0 Å². The molecule has 0 spiro atoms. The van der Waals surface area contributed by atoms with Crippen LogP contribution in [0.25, 0.3) is 0 Å². The van der Waals surface area contributed by atoms with Gasteiger partial charge < -0.3 is 9.64 Å². The van der Waals surface area contributed by atoms with Crippen molar-refractivity contribution in [1.29, 1.82) is 0 Å². The zero-order valence-corrected chi connectivity index (χ0v) is 16.8. The average Bonchev–Trinajstić information content (AvgIpc) is 2.62. The number of ether oxygens (including phenoxy) is 1. The SMILES string of the molecule is CCN(CC)C(=O)c1ccc(Cc2ccccc2OC[C@@H](C)Br)cc1. The molecule has 0 aromatic heterocycles. The Bertz CT molecular complexity index is 679. The van der Waals surface area contributed by atoms with Gasteiger partial charge in [-0.1, -0.05) is 46.3 Å². The van der Waals surface area contributed by atoms with Gasteiger partial charge in [-0.25, -0.2) is 0 Å². The van der Waals surface area contributed by atoms with Gasteiger partial charge in [0.25, 0.3) is 5.91 Å². The van der Waals surface area contributed by atoms with Gasteiger partial charge in [0.1, 0.15) is 12.4 Å². The lowest BCUT2D eigenvalue weighted by Gasteiger charge is -2.18. The van der Waals surface area contributed by atoms with E-state index >= 15 is 0 Å². The van der Waals surface area contributed by atoms with Gasteiger partial charge in [-0.2, -0.15) is 0 Å². The van der Waals surface area contributed by atoms with Crippen LogP contribution in [0.5, 0.6) is 5.75 Å². The number of hydrogen-bond acceptors (Lipinski definition) is 2. The number of amides is 1. The summed E-state index contributed by atoms with van der Waals surface area (Å²) in [5, 5.41) is 0. The van der Waals surface area contributed by atoms with Crippen molar-refractivity contribution in [3.05, 3.63) is 65.2 Å². The standard InChI is InChI=1S/C21H26BrNO2/c1-4-23(5-2)21(24)18-12-10-17(11-13-18)14-19-8-6-7-9-20(19)25-15-16(3)22/h6-13,16H,4-5,14-15H2,1-3H3/t16-/m1/s1. The first-order valence-corrected chi connectivity index (χ1v) is 9.69. The normalized spacial score (nSPS) is 11.8. The summed E-state index contributed by atoms with van der Waals surface area (Å²) < 4.78 is 5.89. The van der Waals surface area contributed by atoms with Crippen LogP contribution in [0, 0.1) is 0 Å². The van der Waals surface area contributed by atoms with E-state index in [2.05, 4.69) is 28.9 Å². The maximum atomic E-state index is 12.4. The van der Waals surface area contributed by atoms with Crippen LogP contribution in [0.2, 0.25) is 0 Å². The third-order valence-electron chi connectivity index (χ3n) is 4.09. The molecule has 0 aliphatic heterocycles. The highest BCUT2D eigenvalue weighted by Crippen LogP contribution is 2.22. The van der Waals surface area contributed by atoms with E-state index < -0.39 is 0 Å². The van der Waals surface area contributed by atoms with Crippen LogP contribution in [0.15, 0.2) is 48.5 Å². The number of para-hydroxylation sites is 1. The summed E-state index contributed by atoms with van der Waals surface area (Å²) in [5.74, 6) is 1.00. The first kappa shape index (κ1) is 19.5. The number of nitrogens with zero attached hydrogens (tertiary/aromatic N) is 1. The molecular formula is C21H26BrNO2. The van der Waals surface area contributed by atoms with Gasteiger partial charge in [0, 0.05) is 29.9 Å². The van der Waals surface area contributed by atoms with Gasteiger partial charge in [0.15, 0.2) is 0 Å². The van der Waals surface area contributed by atoms with Crippen molar-refractivity contribution in [3.8, 4) is 5.75 Å². The molecule has 1 atom stereocenters. The Kier molecular flexibility index (Phi) is 7.51. The minimum absolute atomic E-state index is 0.0894. The molecule has 3 nitrogen and oxygen atoms in total. The van der Waals surface area contributed by atoms with Gasteiger partial charge in [0.2, 0.25) is 0 Å². The molecule has 0 radical (unpaired) electrons. The fraction of sp³-hybridized carbons (Fsp3) is 0.381. The molecule has 0 saturated heterocycles. The number of carbonyl (C=O) groups excluding carboxylic acids is 1. The quantitative estimate of drug-likeness (QED) is 0.585. The molecule has 0 bridgehead atoms. The maximum absolute atomic E-state index is 12.4. The van der Waals surface area contributed by atoms with Crippen molar-refractivity contribution < 1.29 is 9.53 Å². The lowest BCUT2D eigenvalue weighted by atomic mass is 10.0. The third-order valence-corrected chi connectivity index (χ3v) is 4.35. The van der Waals surface area contributed by atoms with E-state index in [-0.39, 0.29) is 5.91 Å². The van der Waals surface area contributed by atoms with Crippen LogP contribution >= 0.6 is 15.9 Å². The Labute approximate surface area is 159 Å². The van der Waals surface area contributed by atoms with Crippen molar-refractivity contribution in [2.24, 2.45) is 0 Å². The summed E-state index contributed by atoms with van der Waals surface area (Å²) in [6, 6.07) is 16.0. The zero-order chi connectivity index (χ0) is 18.2. The highest BCUT2D eigenvalue weighted by Gasteiger charge is 2.12. The van der Waals surface area contributed by atoms with E-state index in [0.717, 1.165) is 36.4 Å². The van der Waals surface area contributed by atoms with E-state index in [9.17, 15) is 4.79 Å². The predicted octanol–water partition coefficient (Wildman–Crippen LogP) is 4.92. The number of halogens is 1. The zero-order valence-electron chi connectivity index (χ0n) is 15.2. The Morgan fingerprint density at radius 3 is 2.32 bits per heavy atom. The fourth-order valence-corrected chi connectivity index (χ4v) is 2.81. The second-order valence-corrected chi connectivity index (χ2v) is 7.61. The lowest BCUT2D eigenvalue weighted by Crippen LogP contribution is -2.30. The van der Waals surface area contributed by atoms with Crippen LogP contribution in [-0.2, 0) is 6.42 Å². The van der Waals surface area contributed by atoms with E-state index in [1.54, 1.807) is 0 Å². The van der Waals surface area contributed by atoms with Crippen molar-refractivity contribution in [2.75, 3.05) is 19.7 Å². The summed E-state index contributed by atoms with van der Waals surface area (Å²) >= 11 is 3.51. The molecule has 0 saturated carbocycles. The largest absolute Gasteiger partial charge is 0.492 e. The van der Waals surface area contributed by atoms with Gasteiger partial charge in [-0.05, 0) is 50.1 Å². The fourth-order valence-electron chi connectivity index (χ4n) is 2.67. The number of benzene rings is 2. The van der Waals surface area contributed by atoms with Gasteiger partial charge in [-0.3, -0.25) is 4.79 Å². The van der Waals surface area contributed by atoms with Crippen LogP contribution in [0.1, 0.15) is 42.3 Å². The molecule has 2 rings (SSSR count). The van der Waals surface area contributed by atoms with Crippen LogP contribution < -0.4 is 4.74 Å². The van der Waals surface area contributed by atoms with Crippen molar-refractivity contribution >= 4 is 21.8 Å². The molecule has 4 heteroatoms. The Morgan fingerprint density at radius 1 is 1.08 bits per heavy atom. The number of carbonyl (C=O) groups is 1. The summed E-state index contributed by atoms with van der Waals surface area (Å²) in [7, 11) is 0. The highest BCUT2D eigenvalue weighted by atomic mass is 79.9. The number of rotatable bonds is 8. The molecule has 2 aromatic carbocycles. The van der Waals surface area contributed by atoms with Crippen LogP contribution in [0.4, 0.5) is 0 Å². The molecular weight excluding hydrogens is 378 g/mol. The summed E-state index contributed by atoms with van der Waals surface area (Å²) in [5.41, 5.74) is 3.06. The Balaban J connectivity index is 2.10. The first-order chi connectivity index (χ1) is 12.0. The van der Waals surface area contributed by atoms with Crippen molar-refractivity contribution in [1.82, 2.24) is 4.90 Å². The molecule has 0 fully saturated rings. The minimum atomic E-state index is 0.0894. The lowest BCUT2D eigenvalue weighted by molar-refractivity contribution is 0.0773. The first-order valence-electron chi connectivity index (χ1n) is 8.78.